The number of methoxy groups -OCH3 is 1. The number of fused-ring (bicyclic) bond motifs is 1. The van der Waals surface area contributed by atoms with Crippen LogP contribution in [0.3, 0.4) is 0 Å². The summed E-state index contributed by atoms with van der Waals surface area (Å²) in [5.41, 5.74) is 1.20. The van der Waals surface area contributed by atoms with Crippen LogP contribution in [-0.4, -0.2) is 53.5 Å². The number of nitrogens with one attached hydrogen (secondary N) is 2. The summed E-state index contributed by atoms with van der Waals surface area (Å²) in [6.07, 6.45) is 1.14. The molecule has 0 spiro atoms. The second kappa shape index (κ2) is 10.2. The molecule has 7 nitrogen and oxygen atoms in total. The van der Waals surface area contributed by atoms with Gasteiger partial charge in [0.05, 0.1) is 16.6 Å². The molecule has 1 fully saturated rings. The molecule has 0 saturated carbocycles. The molecule has 4 rings (SSSR count). The van der Waals surface area contributed by atoms with Gasteiger partial charge in [-0.1, -0.05) is 31.2 Å². The number of carbonyl (C=O) groups excluding carboxylic acids is 1. The molecular weight excluding hydrogens is 435 g/mol. The second-order valence-corrected chi connectivity index (χ2v) is 7.74. The highest BCUT2D eigenvalue weighted by atomic mass is 35.5. The van der Waals surface area contributed by atoms with Crippen molar-refractivity contribution >= 4 is 29.1 Å². The van der Waals surface area contributed by atoms with E-state index in [1.807, 2.05) is 19.1 Å². The zero-order chi connectivity index (χ0) is 22.0. The minimum absolute atomic E-state index is 0. The van der Waals surface area contributed by atoms with Crippen LogP contribution in [0.4, 0.5) is 4.39 Å². The molecule has 0 radical (unpaired) electrons. The van der Waals surface area contributed by atoms with Crippen molar-refractivity contribution in [2.45, 2.75) is 32.0 Å². The van der Waals surface area contributed by atoms with Crippen molar-refractivity contribution in [3.05, 3.63) is 75.5 Å². The zero-order valence-electron chi connectivity index (χ0n) is 17.9. The summed E-state index contributed by atoms with van der Waals surface area (Å²) in [5.74, 6) is -0.880. The lowest BCUT2D eigenvalue weighted by atomic mass is 10.0. The summed E-state index contributed by atoms with van der Waals surface area (Å²) in [6, 6.07) is 11.9. The van der Waals surface area contributed by atoms with Gasteiger partial charge in [0.15, 0.2) is 0 Å². The minimum atomic E-state index is -0.548. The molecular formula is C23H26ClFN4O3. The number of hydrogen-bond donors (Lipinski definition) is 2. The van der Waals surface area contributed by atoms with Gasteiger partial charge in [-0.3, -0.25) is 14.9 Å². The number of likely N-dealkylation sites (tertiary alicyclic amines) is 1. The molecule has 2 heterocycles. The molecule has 3 aromatic rings. The smallest absolute Gasteiger partial charge is 0.272 e. The number of carbonyl (C=O) groups is 1. The van der Waals surface area contributed by atoms with Crippen LogP contribution in [0.15, 0.2) is 47.3 Å². The maximum absolute atomic E-state index is 14.5. The number of amides is 1. The van der Waals surface area contributed by atoms with Crippen LogP contribution in [0.2, 0.25) is 0 Å². The summed E-state index contributed by atoms with van der Waals surface area (Å²) < 4.78 is 19.8. The van der Waals surface area contributed by atoms with Crippen molar-refractivity contribution in [2.24, 2.45) is 0 Å². The van der Waals surface area contributed by atoms with E-state index in [9.17, 15) is 14.0 Å². The van der Waals surface area contributed by atoms with Crippen LogP contribution in [0.5, 0.6) is 0 Å². The van der Waals surface area contributed by atoms with Crippen LogP contribution in [0.1, 0.15) is 35.0 Å². The van der Waals surface area contributed by atoms with E-state index in [0.29, 0.717) is 30.6 Å². The molecule has 1 aliphatic heterocycles. The van der Waals surface area contributed by atoms with Crippen molar-refractivity contribution in [3.8, 4) is 0 Å². The Morgan fingerprint density at radius 1 is 1.28 bits per heavy atom. The van der Waals surface area contributed by atoms with Gasteiger partial charge in [-0.05, 0) is 30.2 Å². The standard InChI is InChI=1S/C23H25FN4O3.ClH/c1-3-21(31-2)25-15-12-28(13-15)23(30)18-10-14(8-9-19(18)24)11-20-16-6-4-5-7-17(16)22(29)27-26-20;/h4-10,15,21,25H,3,11-13H2,1-2H3,(H,27,29);1H. The first kappa shape index (κ1) is 23.8. The average molecular weight is 461 g/mol. The van der Waals surface area contributed by atoms with Gasteiger partial charge >= 0.3 is 0 Å². The van der Waals surface area contributed by atoms with Crippen molar-refractivity contribution in [1.82, 2.24) is 20.4 Å². The van der Waals surface area contributed by atoms with Crippen molar-refractivity contribution in [3.63, 3.8) is 0 Å². The largest absolute Gasteiger partial charge is 0.367 e. The molecule has 0 aliphatic carbocycles. The fraction of sp³-hybridized carbons (Fsp3) is 0.348. The third-order valence-electron chi connectivity index (χ3n) is 5.65. The van der Waals surface area contributed by atoms with Gasteiger partial charge in [0, 0.05) is 38.0 Å². The van der Waals surface area contributed by atoms with Gasteiger partial charge in [-0.15, -0.1) is 12.4 Å². The quantitative estimate of drug-likeness (QED) is 0.529. The van der Waals surface area contributed by atoms with E-state index < -0.39 is 5.82 Å². The Labute approximate surface area is 191 Å². The normalized spacial score (nSPS) is 14.7. The van der Waals surface area contributed by atoms with Crippen LogP contribution in [0, 0.1) is 5.82 Å². The van der Waals surface area contributed by atoms with Gasteiger partial charge in [0.2, 0.25) is 0 Å². The number of aromatic nitrogens is 2. The molecule has 1 unspecified atom stereocenters. The van der Waals surface area contributed by atoms with E-state index in [4.69, 9.17) is 4.74 Å². The third kappa shape index (κ3) is 4.82. The highest BCUT2D eigenvalue weighted by Crippen LogP contribution is 2.21. The van der Waals surface area contributed by atoms with Gasteiger partial charge in [-0.2, -0.15) is 5.10 Å². The Bertz CT molecular complexity index is 1160. The predicted octanol–water partition coefficient (Wildman–Crippen LogP) is 2.87. The fourth-order valence-corrected chi connectivity index (χ4v) is 3.88. The van der Waals surface area contributed by atoms with Crippen LogP contribution in [-0.2, 0) is 11.2 Å². The van der Waals surface area contributed by atoms with E-state index in [-0.39, 0.29) is 41.7 Å². The summed E-state index contributed by atoms with van der Waals surface area (Å²) in [4.78, 5) is 26.5. The van der Waals surface area contributed by atoms with Crippen LogP contribution < -0.4 is 10.9 Å². The van der Waals surface area contributed by atoms with E-state index in [0.717, 1.165) is 17.4 Å². The maximum atomic E-state index is 14.5. The lowest BCUT2D eigenvalue weighted by molar-refractivity contribution is 0.0217. The monoisotopic (exact) mass is 460 g/mol. The van der Waals surface area contributed by atoms with E-state index >= 15 is 0 Å². The van der Waals surface area contributed by atoms with Crippen molar-refractivity contribution in [2.75, 3.05) is 20.2 Å². The Hall–Kier alpha value is -2.81. The van der Waals surface area contributed by atoms with Gasteiger partial charge in [0.1, 0.15) is 12.0 Å². The molecule has 1 amide bonds. The van der Waals surface area contributed by atoms with Crippen molar-refractivity contribution in [1.29, 1.82) is 0 Å². The van der Waals surface area contributed by atoms with Crippen molar-refractivity contribution < 1.29 is 13.9 Å². The van der Waals surface area contributed by atoms with E-state index in [2.05, 4.69) is 15.5 Å². The summed E-state index contributed by atoms with van der Waals surface area (Å²) in [7, 11) is 1.64. The second-order valence-electron chi connectivity index (χ2n) is 7.74. The number of hydrogen-bond acceptors (Lipinski definition) is 5. The molecule has 2 aromatic carbocycles. The Kier molecular flexibility index (Phi) is 7.60. The summed E-state index contributed by atoms with van der Waals surface area (Å²) in [6.45, 7) is 3.03. The van der Waals surface area contributed by atoms with Gasteiger partial charge in [-0.25, -0.2) is 9.49 Å². The average Bonchev–Trinajstić information content (AvgIpc) is 2.76. The lowest BCUT2D eigenvalue weighted by Crippen LogP contribution is -2.62. The molecule has 2 N–H and O–H groups in total. The first-order chi connectivity index (χ1) is 15.0. The van der Waals surface area contributed by atoms with E-state index in [1.54, 1.807) is 36.3 Å². The summed E-state index contributed by atoms with van der Waals surface area (Å²) in [5, 5.41) is 11.3. The molecule has 170 valence electrons. The number of rotatable bonds is 7. The fourth-order valence-electron chi connectivity index (χ4n) is 3.88. The molecule has 1 aromatic heterocycles. The molecule has 1 aliphatic rings. The van der Waals surface area contributed by atoms with Gasteiger partial charge < -0.3 is 9.64 Å². The number of benzene rings is 2. The van der Waals surface area contributed by atoms with Crippen LogP contribution in [0.25, 0.3) is 10.8 Å². The first-order valence-electron chi connectivity index (χ1n) is 10.3. The number of H-pyrrole nitrogens is 1. The first-order valence-corrected chi connectivity index (χ1v) is 10.3. The Balaban J connectivity index is 0.00000289. The van der Waals surface area contributed by atoms with Crippen LogP contribution >= 0.6 is 12.4 Å². The zero-order valence-corrected chi connectivity index (χ0v) is 18.7. The number of aromatic amines is 1. The molecule has 0 bridgehead atoms. The summed E-state index contributed by atoms with van der Waals surface area (Å²) >= 11 is 0. The number of ether oxygens (including phenoxy) is 1. The lowest BCUT2D eigenvalue weighted by Gasteiger charge is -2.41. The number of nitrogens with zero attached hydrogens (tertiary/aromatic N) is 2. The molecule has 9 heteroatoms. The molecule has 1 saturated heterocycles. The van der Waals surface area contributed by atoms with Gasteiger partial charge in [0.25, 0.3) is 11.5 Å². The topological polar surface area (TPSA) is 87.3 Å². The Morgan fingerprint density at radius 3 is 2.69 bits per heavy atom. The number of halogens is 2. The molecule has 32 heavy (non-hydrogen) atoms. The van der Waals surface area contributed by atoms with E-state index in [1.165, 1.54) is 6.07 Å². The predicted molar refractivity (Wildman–Crippen MR) is 123 cm³/mol. The SMILES string of the molecule is CCC(NC1CN(C(=O)c2cc(Cc3n[nH]c(=O)c4ccccc34)ccc2F)C1)OC.Cl. The minimum Gasteiger partial charge on any atom is -0.367 e. The maximum Gasteiger partial charge on any atom is 0.272 e. The highest BCUT2D eigenvalue weighted by Gasteiger charge is 2.33. The third-order valence-corrected chi connectivity index (χ3v) is 5.65. The Morgan fingerprint density at radius 2 is 2.00 bits per heavy atom. The highest BCUT2D eigenvalue weighted by molar-refractivity contribution is 5.95. The molecule has 1 atom stereocenters.